The van der Waals surface area contributed by atoms with Gasteiger partial charge in [-0.3, -0.25) is 4.79 Å². The van der Waals surface area contributed by atoms with Gasteiger partial charge in [-0.05, 0) is 18.2 Å². The van der Waals surface area contributed by atoms with Crippen LogP contribution in [0.4, 0.5) is 5.69 Å². The van der Waals surface area contributed by atoms with Crippen molar-refractivity contribution in [2.45, 2.75) is 4.90 Å². The molecule has 0 aliphatic rings. The topological polar surface area (TPSA) is 79.3 Å². The number of anilines is 1. The molecule has 2 aromatic rings. The summed E-state index contributed by atoms with van der Waals surface area (Å²) in [5.74, 6) is -1.03. The maximum atomic E-state index is 11.7. The Morgan fingerprint density at radius 2 is 2.30 bits per heavy atom. The smallest absolute Gasteiger partial charge is 0.345 e. The second kappa shape index (κ2) is 6.74. The third-order valence-electron chi connectivity index (χ3n) is 2.19. The predicted molar refractivity (Wildman–Crippen MR) is 79.9 cm³/mol. The van der Waals surface area contributed by atoms with Gasteiger partial charge in [-0.1, -0.05) is 11.6 Å². The van der Waals surface area contributed by atoms with E-state index in [1.165, 1.54) is 18.0 Å². The molecule has 0 fully saturated rings. The SMILES string of the molecule is O=C(CSc1csc(C(=O)O)c1)Nc1cccnc1Cl. The van der Waals surface area contributed by atoms with Gasteiger partial charge in [0.05, 0.1) is 11.4 Å². The van der Waals surface area contributed by atoms with E-state index >= 15 is 0 Å². The number of aromatic carboxylic acids is 1. The number of nitrogens with one attached hydrogen (secondary N) is 1. The number of pyridine rings is 1. The van der Waals surface area contributed by atoms with E-state index in [2.05, 4.69) is 10.3 Å². The monoisotopic (exact) mass is 328 g/mol. The summed E-state index contributed by atoms with van der Waals surface area (Å²) in [5.41, 5.74) is 0.455. The molecule has 0 saturated carbocycles. The molecule has 0 saturated heterocycles. The first-order valence-corrected chi connectivity index (χ1v) is 7.65. The van der Waals surface area contributed by atoms with Crippen LogP contribution in [0.1, 0.15) is 9.67 Å². The number of thioether (sulfide) groups is 1. The molecule has 2 N–H and O–H groups in total. The Bertz CT molecular complexity index is 645. The van der Waals surface area contributed by atoms with E-state index in [0.717, 1.165) is 16.2 Å². The number of amides is 1. The average Bonchev–Trinajstić information content (AvgIpc) is 2.88. The Morgan fingerprint density at radius 1 is 1.50 bits per heavy atom. The van der Waals surface area contributed by atoms with Crippen LogP contribution in [-0.2, 0) is 4.79 Å². The second-order valence-electron chi connectivity index (χ2n) is 3.63. The van der Waals surface area contributed by atoms with Crippen molar-refractivity contribution in [1.82, 2.24) is 4.98 Å². The van der Waals surface area contributed by atoms with E-state index in [0.29, 0.717) is 5.69 Å². The molecule has 0 aliphatic carbocycles. The highest BCUT2D eigenvalue weighted by Gasteiger charge is 2.10. The molecule has 0 aliphatic heterocycles. The Balaban J connectivity index is 1.89. The number of nitrogens with zero attached hydrogens (tertiary/aromatic N) is 1. The van der Waals surface area contributed by atoms with Crippen molar-refractivity contribution >= 4 is 52.3 Å². The molecule has 8 heteroatoms. The lowest BCUT2D eigenvalue weighted by atomic mass is 10.4. The molecule has 1 amide bonds. The first-order chi connectivity index (χ1) is 9.56. The first-order valence-electron chi connectivity index (χ1n) is 5.41. The molecule has 0 unspecified atom stereocenters. The quantitative estimate of drug-likeness (QED) is 0.650. The van der Waals surface area contributed by atoms with Crippen molar-refractivity contribution in [2.24, 2.45) is 0 Å². The fraction of sp³-hybridized carbons (Fsp3) is 0.0833. The molecule has 20 heavy (non-hydrogen) atoms. The molecule has 0 spiro atoms. The van der Waals surface area contributed by atoms with Gasteiger partial charge < -0.3 is 10.4 Å². The van der Waals surface area contributed by atoms with Crippen molar-refractivity contribution in [3.8, 4) is 0 Å². The standard InChI is InChI=1S/C12H9ClN2O3S2/c13-11-8(2-1-3-14-11)15-10(16)6-19-7-4-9(12(17)18)20-5-7/h1-5H,6H2,(H,15,16)(H,17,18). The highest BCUT2D eigenvalue weighted by Crippen LogP contribution is 2.25. The number of carbonyl (C=O) groups is 2. The summed E-state index contributed by atoms with van der Waals surface area (Å²) in [5, 5.41) is 13.4. The van der Waals surface area contributed by atoms with Crippen LogP contribution in [0.15, 0.2) is 34.7 Å². The van der Waals surface area contributed by atoms with Gasteiger partial charge in [0.1, 0.15) is 4.88 Å². The number of hydrogen-bond donors (Lipinski definition) is 2. The van der Waals surface area contributed by atoms with E-state index in [-0.39, 0.29) is 21.7 Å². The van der Waals surface area contributed by atoms with Crippen LogP contribution in [0.25, 0.3) is 0 Å². The molecule has 104 valence electrons. The summed E-state index contributed by atoms with van der Waals surface area (Å²) < 4.78 is 0. The third kappa shape index (κ3) is 3.96. The van der Waals surface area contributed by atoms with Crippen molar-refractivity contribution in [3.05, 3.63) is 39.8 Å². The summed E-state index contributed by atoms with van der Waals surface area (Å²) in [6.07, 6.45) is 1.53. The van der Waals surface area contributed by atoms with Gasteiger partial charge in [0.2, 0.25) is 5.91 Å². The Morgan fingerprint density at radius 3 is 2.95 bits per heavy atom. The van der Waals surface area contributed by atoms with Gasteiger partial charge in [0.15, 0.2) is 5.15 Å². The van der Waals surface area contributed by atoms with Crippen LogP contribution in [0.3, 0.4) is 0 Å². The molecular weight excluding hydrogens is 320 g/mol. The average molecular weight is 329 g/mol. The molecule has 2 heterocycles. The zero-order valence-corrected chi connectivity index (χ0v) is 12.4. The summed E-state index contributed by atoms with van der Waals surface area (Å²) in [4.78, 5) is 27.3. The number of carbonyl (C=O) groups excluding carboxylic acids is 1. The van der Waals surface area contributed by atoms with Crippen molar-refractivity contribution in [3.63, 3.8) is 0 Å². The number of thiophene rings is 1. The van der Waals surface area contributed by atoms with Crippen LogP contribution < -0.4 is 5.32 Å². The second-order valence-corrected chi connectivity index (χ2v) is 5.95. The van der Waals surface area contributed by atoms with Gasteiger partial charge in [0.25, 0.3) is 0 Å². The maximum Gasteiger partial charge on any atom is 0.345 e. The molecule has 2 aromatic heterocycles. The molecule has 0 aromatic carbocycles. The minimum atomic E-state index is -0.964. The van der Waals surface area contributed by atoms with E-state index in [4.69, 9.17) is 16.7 Å². The van der Waals surface area contributed by atoms with E-state index in [9.17, 15) is 9.59 Å². The molecule has 0 bridgehead atoms. The van der Waals surface area contributed by atoms with E-state index < -0.39 is 5.97 Å². The number of hydrogen-bond acceptors (Lipinski definition) is 5. The largest absolute Gasteiger partial charge is 0.477 e. The first kappa shape index (κ1) is 14.8. The van der Waals surface area contributed by atoms with Gasteiger partial charge in [-0.15, -0.1) is 23.1 Å². The Kier molecular flexibility index (Phi) is 4.99. The number of carboxylic acid groups (broad SMARTS) is 1. The Labute approximate surface area is 128 Å². The fourth-order valence-corrected chi connectivity index (χ4v) is 3.16. The predicted octanol–water partition coefficient (Wildman–Crippen LogP) is 3.23. The van der Waals surface area contributed by atoms with Crippen LogP contribution >= 0.6 is 34.7 Å². The molecule has 2 rings (SSSR count). The number of halogens is 1. The zero-order chi connectivity index (χ0) is 14.5. The summed E-state index contributed by atoms with van der Waals surface area (Å²) in [6.45, 7) is 0. The zero-order valence-electron chi connectivity index (χ0n) is 10.00. The molecule has 5 nitrogen and oxygen atoms in total. The van der Waals surface area contributed by atoms with Crippen molar-refractivity contribution in [2.75, 3.05) is 11.1 Å². The summed E-state index contributed by atoms with van der Waals surface area (Å²) in [6, 6.07) is 4.87. The molecule has 0 atom stereocenters. The highest BCUT2D eigenvalue weighted by atomic mass is 35.5. The van der Waals surface area contributed by atoms with Crippen LogP contribution in [0, 0.1) is 0 Å². The van der Waals surface area contributed by atoms with Gasteiger partial charge in [0, 0.05) is 16.5 Å². The van der Waals surface area contributed by atoms with E-state index in [1.54, 1.807) is 23.6 Å². The molecule has 0 radical (unpaired) electrons. The fourth-order valence-electron chi connectivity index (χ4n) is 1.32. The minimum Gasteiger partial charge on any atom is -0.477 e. The third-order valence-corrected chi connectivity index (χ3v) is 4.53. The van der Waals surface area contributed by atoms with Crippen molar-refractivity contribution in [1.29, 1.82) is 0 Å². The summed E-state index contributed by atoms with van der Waals surface area (Å²) in [7, 11) is 0. The maximum absolute atomic E-state index is 11.7. The number of rotatable bonds is 5. The van der Waals surface area contributed by atoms with Gasteiger partial charge >= 0.3 is 5.97 Å². The normalized spacial score (nSPS) is 10.2. The highest BCUT2D eigenvalue weighted by molar-refractivity contribution is 8.00. The lowest BCUT2D eigenvalue weighted by Gasteiger charge is -2.05. The van der Waals surface area contributed by atoms with Gasteiger partial charge in [-0.2, -0.15) is 0 Å². The summed E-state index contributed by atoms with van der Waals surface area (Å²) >= 11 is 8.22. The van der Waals surface area contributed by atoms with E-state index in [1.807, 2.05) is 0 Å². The van der Waals surface area contributed by atoms with Gasteiger partial charge in [-0.25, -0.2) is 9.78 Å². The number of aromatic nitrogens is 1. The van der Waals surface area contributed by atoms with Crippen LogP contribution in [0.5, 0.6) is 0 Å². The van der Waals surface area contributed by atoms with Crippen LogP contribution in [-0.4, -0.2) is 27.7 Å². The van der Waals surface area contributed by atoms with Crippen molar-refractivity contribution < 1.29 is 14.7 Å². The lowest BCUT2D eigenvalue weighted by molar-refractivity contribution is -0.113. The molecular formula is C12H9ClN2O3S2. The minimum absolute atomic E-state index is 0.168. The number of carboxylic acids is 1. The lowest BCUT2D eigenvalue weighted by Crippen LogP contribution is -2.14. The Hall–Kier alpha value is -1.57. The van der Waals surface area contributed by atoms with Crippen LogP contribution in [0.2, 0.25) is 5.15 Å².